The summed E-state index contributed by atoms with van der Waals surface area (Å²) in [5.74, 6) is 0. The second-order valence-corrected chi connectivity index (χ2v) is 10.7. The van der Waals surface area contributed by atoms with E-state index in [1.807, 2.05) is 0 Å². The number of nitrogens with one attached hydrogen (secondary N) is 1. The minimum Gasteiger partial charge on any atom is -0.280 e. The number of halogens is 1. The van der Waals surface area contributed by atoms with Gasteiger partial charge in [0.15, 0.2) is 9.84 Å². The van der Waals surface area contributed by atoms with Crippen LogP contribution in [0.3, 0.4) is 0 Å². The minimum absolute atomic E-state index is 0.0610. The van der Waals surface area contributed by atoms with Crippen molar-refractivity contribution in [3.05, 3.63) is 39.0 Å². The van der Waals surface area contributed by atoms with Crippen LogP contribution in [0.2, 0.25) is 0 Å². The molecule has 1 N–H and O–H groups in total. The highest BCUT2D eigenvalue weighted by atomic mass is 79.9. The molecular formula is C12H12BrNO4S3. The lowest BCUT2D eigenvalue weighted by atomic mass is 10.3. The molecule has 0 bridgehead atoms. The molecule has 2 aromatic rings. The second kappa shape index (κ2) is 5.71. The summed E-state index contributed by atoms with van der Waals surface area (Å²) in [6.45, 7) is 1.71. The van der Waals surface area contributed by atoms with Crippen molar-refractivity contribution in [2.45, 2.75) is 16.7 Å². The van der Waals surface area contributed by atoms with Gasteiger partial charge in [-0.05, 0) is 47.1 Å². The highest BCUT2D eigenvalue weighted by Crippen LogP contribution is 2.31. The van der Waals surface area contributed by atoms with Gasteiger partial charge in [0.25, 0.3) is 10.0 Å². The van der Waals surface area contributed by atoms with Crippen molar-refractivity contribution >= 4 is 52.8 Å². The Kier molecular flexibility index (Phi) is 4.48. The predicted molar refractivity (Wildman–Crippen MR) is 87.1 cm³/mol. The highest BCUT2D eigenvalue weighted by molar-refractivity contribution is 9.11. The van der Waals surface area contributed by atoms with Crippen LogP contribution in [0.4, 0.5) is 5.69 Å². The molecule has 2 rings (SSSR count). The van der Waals surface area contributed by atoms with Crippen molar-refractivity contribution in [2.24, 2.45) is 0 Å². The normalized spacial score (nSPS) is 12.3. The van der Waals surface area contributed by atoms with E-state index in [1.54, 1.807) is 6.92 Å². The molecule has 0 aliphatic carbocycles. The smallest absolute Gasteiger partial charge is 0.263 e. The summed E-state index contributed by atoms with van der Waals surface area (Å²) in [5.41, 5.74) is 0.208. The number of thiophene rings is 1. The van der Waals surface area contributed by atoms with Crippen molar-refractivity contribution in [3.63, 3.8) is 0 Å². The molecule has 0 spiro atoms. The number of sulfonamides is 1. The van der Waals surface area contributed by atoms with Gasteiger partial charge in [-0.2, -0.15) is 0 Å². The number of anilines is 1. The summed E-state index contributed by atoms with van der Waals surface area (Å²) >= 11 is 4.56. The Morgan fingerprint density at radius 1 is 1.14 bits per heavy atom. The number of aryl methyl sites for hydroxylation is 1. The van der Waals surface area contributed by atoms with Gasteiger partial charge in [0, 0.05) is 11.1 Å². The van der Waals surface area contributed by atoms with E-state index in [0.717, 1.165) is 6.26 Å². The zero-order valence-corrected chi connectivity index (χ0v) is 15.2. The quantitative estimate of drug-likeness (QED) is 0.840. The van der Waals surface area contributed by atoms with Crippen molar-refractivity contribution in [3.8, 4) is 0 Å². The first kappa shape index (κ1) is 16.5. The Morgan fingerprint density at radius 3 is 2.33 bits per heavy atom. The van der Waals surface area contributed by atoms with Crippen LogP contribution < -0.4 is 4.72 Å². The van der Waals surface area contributed by atoms with Crippen LogP contribution >= 0.6 is 27.3 Å². The minimum atomic E-state index is -3.75. The van der Waals surface area contributed by atoms with Crippen LogP contribution in [0.15, 0.2) is 43.9 Å². The van der Waals surface area contributed by atoms with Crippen LogP contribution in [0.1, 0.15) is 4.88 Å². The molecule has 5 nitrogen and oxygen atoms in total. The molecule has 0 aliphatic heterocycles. The predicted octanol–water partition coefficient (Wildman–Crippen LogP) is 3.02. The van der Waals surface area contributed by atoms with Crippen LogP contribution in [0.25, 0.3) is 0 Å². The average molecular weight is 410 g/mol. The van der Waals surface area contributed by atoms with Gasteiger partial charge in [0.2, 0.25) is 0 Å². The van der Waals surface area contributed by atoms with Crippen LogP contribution in [0, 0.1) is 6.92 Å². The van der Waals surface area contributed by atoms with Gasteiger partial charge in [-0.25, -0.2) is 16.8 Å². The molecule has 0 saturated carbocycles. The Labute approximate surface area is 136 Å². The van der Waals surface area contributed by atoms with Gasteiger partial charge in [-0.15, -0.1) is 11.3 Å². The van der Waals surface area contributed by atoms with Crippen molar-refractivity contribution in [2.75, 3.05) is 11.0 Å². The van der Waals surface area contributed by atoms with Gasteiger partial charge in [0.1, 0.15) is 4.90 Å². The van der Waals surface area contributed by atoms with Gasteiger partial charge in [0.05, 0.1) is 14.4 Å². The Balaban J connectivity index is 2.40. The molecule has 0 fully saturated rings. The van der Waals surface area contributed by atoms with Gasteiger partial charge >= 0.3 is 0 Å². The second-order valence-electron chi connectivity index (χ2n) is 4.38. The lowest BCUT2D eigenvalue weighted by Gasteiger charge is -2.08. The average Bonchev–Trinajstić information content (AvgIpc) is 2.68. The zero-order valence-electron chi connectivity index (χ0n) is 11.1. The molecule has 21 heavy (non-hydrogen) atoms. The van der Waals surface area contributed by atoms with Gasteiger partial charge in [-0.1, -0.05) is 6.07 Å². The maximum Gasteiger partial charge on any atom is 0.263 e. The lowest BCUT2D eigenvalue weighted by Crippen LogP contribution is -2.13. The summed E-state index contributed by atoms with van der Waals surface area (Å²) in [6.07, 6.45) is 1.07. The van der Waals surface area contributed by atoms with Crippen molar-refractivity contribution in [1.82, 2.24) is 0 Å². The van der Waals surface area contributed by atoms with E-state index < -0.39 is 19.9 Å². The molecular weight excluding hydrogens is 398 g/mol. The summed E-state index contributed by atoms with van der Waals surface area (Å²) in [6, 6.07) is 7.22. The third kappa shape index (κ3) is 3.85. The van der Waals surface area contributed by atoms with Crippen molar-refractivity contribution in [1.29, 1.82) is 0 Å². The van der Waals surface area contributed by atoms with E-state index in [1.165, 1.54) is 41.7 Å². The Morgan fingerprint density at radius 2 is 1.81 bits per heavy atom. The van der Waals surface area contributed by atoms with Crippen LogP contribution in [-0.2, 0) is 19.9 Å². The maximum atomic E-state index is 12.3. The zero-order chi connectivity index (χ0) is 15.8. The van der Waals surface area contributed by atoms with Crippen LogP contribution in [0.5, 0.6) is 0 Å². The summed E-state index contributed by atoms with van der Waals surface area (Å²) in [5, 5.41) is 0. The molecule has 1 aromatic carbocycles. The third-order valence-electron chi connectivity index (χ3n) is 2.65. The SMILES string of the molecule is Cc1sc(Br)cc1S(=O)(=O)Nc1cccc(S(C)(=O)=O)c1. The number of hydrogen-bond acceptors (Lipinski definition) is 5. The fourth-order valence-corrected chi connectivity index (χ4v) is 5.83. The number of sulfone groups is 1. The first-order valence-electron chi connectivity index (χ1n) is 5.68. The molecule has 0 amide bonds. The maximum absolute atomic E-state index is 12.3. The first-order chi connectivity index (χ1) is 9.59. The topological polar surface area (TPSA) is 80.3 Å². The van der Waals surface area contributed by atoms with E-state index in [9.17, 15) is 16.8 Å². The highest BCUT2D eigenvalue weighted by Gasteiger charge is 2.20. The van der Waals surface area contributed by atoms with Crippen LogP contribution in [-0.4, -0.2) is 23.1 Å². The Bertz CT molecular complexity index is 885. The molecule has 0 saturated heterocycles. The van der Waals surface area contributed by atoms with Crippen molar-refractivity contribution < 1.29 is 16.8 Å². The molecule has 0 unspecified atom stereocenters. The number of hydrogen-bond donors (Lipinski definition) is 1. The van der Waals surface area contributed by atoms with Gasteiger partial charge < -0.3 is 0 Å². The van der Waals surface area contributed by atoms with E-state index in [-0.39, 0.29) is 15.5 Å². The largest absolute Gasteiger partial charge is 0.280 e. The van der Waals surface area contributed by atoms with E-state index in [2.05, 4.69) is 20.7 Å². The van der Waals surface area contributed by atoms with E-state index in [4.69, 9.17) is 0 Å². The molecule has 9 heteroatoms. The lowest BCUT2D eigenvalue weighted by molar-refractivity contribution is 0.599. The number of rotatable bonds is 4. The molecule has 0 radical (unpaired) electrons. The fourth-order valence-electron chi connectivity index (χ4n) is 1.70. The molecule has 1 aromatic heterocycles. The number of benzene rings is 1. The molecule has 114 valence electrons. The standard InChI is InChI=1S/C12H12BrNO4S3/c1-8-11(7-12(13)19-8)21(17,18)14-9-4-3-5-10(6-9)20(2,15)16/h3-7,14H,1-2H3. The monoisotopic (exact) mass is 409 g/mol. The summed E-state index contributed by atoms with van der Waals surface area (Å²) in [4.78, 5) is 0.878. The molecule has 0 aliphatic rings. The van der Waals surface area contributed by atoms with E-state index >= 15 is 0 Å². The first-order valence-corrected chi connectivity index (χ1v) is 10.7. The summed E-state index contributed by atoms with van der Waals surface area (Å²) in [7, 11) is -7.14. The summed E-state index contributed by atoms with van der Waals surface area (Å²) < 4.78 is 50.7. The third-order valence-corrected chi connectivity index (χ3v) is 6.95. The van der Waals surface area contributed by atoms with E-state index in [0.29, 0.717) is 8.66 Å². The molecule has 1 heterocycles. The fraction of sp³-hybridized carbons (Fsp3) is 0.167. The van der Waals surface area contributed by atoms with Gasteiger partial charge in [-0.3, -0.25) is 4.72 Å². The Hall–Kier alpha value is -0.900. The molecule has 0 atom stereocenters.